The van der Waals surface area contributed by atoms with Crippen LogP contribution in [0, 0.1) is 0 Å². The van der Waals surface area contributed by atoms with E-state index < -0.39 is 12.2 Å². The minimum absolute atomic E-state index is 0.0969. The molecular weight excluding hydrogens is 432 g/mol. The Hall–Kier alpha value is -2.94. The van der Waals surface area contributed by atoms with Crippen LogP contribution in [0.2, 0.25) is 0 Å². The summed E-state index contributed by atoms with van der Waals surface area (Å²) in [5.74, 6) is -0.0987. The summed E-state index contributed by atoms with van der Waals surface area (Å²) in [6.07, 6.45) is 1.51. The second-order valence-electron chi connectivity index (χ2n) is 8.44. The summed E-state index contributed by atoms with van der Waals surface area (Å²) in [4.78, 5) is 25.0. The van der Waals surface area contributed by atoms with E-state index in [0.717, 1.165) is 66.1 Å². The van der Waals surface area contributed by atoms with Crippen LogP contribution in [0.3, 0.4) is 0 Å². The fraction of sp³-hybridized carbons (Fsp3) is 0.462. The predicted octanol–water partition coefficient (Wildman–Crippen LogP) is 3.61. The quantitative estimate of drug-likeness (QED) is 0.313. The van der Waals surface area contributed by atoms with Gasteiger partial charge in [0.25, 0.3) is 0 Å². The first-order chi connectivity index (χ1) is 16.6. The summed E-state index contributed by atoms with van der Waals surface area (Å²) in [5.41, 5.74) is 9.91. The second-order valence-corrected chi connectivity index (χ2v) is 8.44. The number of nitrogens with zero attached hydrogens (tertiary/aromatic N) is 1. The summed E-state index contributed by atoms with van der Waals surface area (Å²) in [5, 5.41) is 16.1. The molecule has 0 aliphatic heterocycles. The number of benzene rings is 2. The van der Waals surface area contributed by atoms with Crippen LogP contribution in [0.1, 0.15) is 42.7 Å². The molecule has 8 nitrogen and oxygen atoms in total. The van der Waals surface area contributed by atoms with Gasteiger partial charge >= 0.3 is 12.2 Å². The van der Waals surface area contributed by atoms with Crippen LogP contribution in [-0.4, -0.2) is 68.1 Å². The van der Waals surface area contributed by atoms with Gasteiger partial charge in [0.1, 0.15) is 6.61 Å². The highest BCUT2D eigenvalue weighted by Gasteiger charge is 2.30. The van der Waals surface area contributed by atoms with Crippen molar-refractivity contribution < 1.29 is 19.4 Å². The Bertz CT molecular complexity index is 891. The maximum atomic E-state index is 12.6. The van der Waals surface area contributed by atoms with Gasteiger partial charge in [-0.15, -0.1) is 0 Å². The summed E-state index contributed by atoms with van der Waals surface area (Å²) >= 11 is 0. The molecule has 0 fully saturated rings. The SMILES string of the molecule is NCCCNCCCCNCCCN(C(=O)O)C(=O)OCC1c2ccccc2-c2ccccc21. The van der Waals surface area contributed by atoms with Gasteiger partial charge in [0.05, 0.1) is 0 Å². The standard InChI is InChI=1S/C26H36N4O4/c27-13-7-16-28-14-5-6-15-29-17-8-18-30(25(31)32)26(33)34-19-24-22-11-3-1-9-20(22)21-10-2-4-12-23(21)24/h1-4,9-12,24,28-29H,5-8,13-19,27H2,(H,31,32). The van der Waals surface area contributed by atoms with Crippen molar-refractivity contribution in [2.24, 2.45) is 5.73 Å². The molecule has 5 N–H and O–H groups in total. The number of carbonyl (C=O) groups is 2. The van der Waals surface area contributed by atoms with Gasteiger partial charge in [-0.3, -0.25) is 0 Å². The molecule has 0 unspecified atom stereocenters. The predicted molar refractivity (Wildman–Crippen MR) is 133 cm³/mol. The van der Waals surface area contributed by atoms with E-state index in [2.05, 4.69) is 22.8 Å². The van der Waals surface area contributed by atoms with E-state index in [1.165, 1.54) is 0 Å². The molecule has 2 aromatic rings. The molecule has 0 heterocycles. The fourth-order valence-corrected chi connectivity index (χ4v) is 4.28. The molecule has 34 heavy (non-hydrogen) atoms. The molecule has 0 saturated carbocycles. The maximum Gasteiger partial charge on any atom is 0.419 e. The largest absolute Gasteiger partial charge is 0.465 e. The van der Waals surface area contributed by atoms with Gasteiger partial charge in [-0.2, -0.15) is 0 Å². The maximum absolute atomic E-state index is 12.6. The zero-order chi connectivity index (χ0) is 24.2. The fourth-order valence-electron chi connectivity index (χ4n) is 4.28. The van der Waals surface area contributed by atoms with Crippen molar-refractivity contribution >= 4 is 12.2 Å². The van der Waals surface area contributed by atoms with Crippen LogP contribution in [-0.2, 0) is 4.74 Å². The van der Waals surface area contributed by atoms with Gasteiger partial charge < -0.3 is 26.2 Å². The molecule has 2 amide bonds. The number of ether oxygens (including phenoxy) is 1. The normalized spacial score (nSPS) is 12.3. The highest BCUT2D eigenvalue weighted by atomic mass is 16.6. The number of fused-ring (bicyclic) bond motifs is 3. The number of imide groups is 1. The first kappa shape index (κ1) is 25.7. The molecule has 0 atom stereocenters. The highest BCUT2D eigenvalue weighted by molar-refractivity contribution is 5.87. The molecule has 1 aliphatic carbocycles. The van der Waals surface area contributed by atoms with Gasteiger partial charge in [-0.1, -0.05) is 48.5 Å². The van der Waals surface area contributed by atoms with Gasteiger partial charge in [0, 0.05) is 12.5 Å². The molecule has 0 saturated heterocycles. The van der Waals surface area contributed by atoms with Crippen molar-refractivity contribution in [1.82, 2.24) is 15.5 Å². The molecule has 1 aliphatic rings. The van der Waals surface area contributed by atoms with E-state index in [1.54, 1.807) is 0 Å². The Morgan fingerprint density at radius 3 is 1.94 bits per heavy atom. The zero-order valence-corrected chi connectivity index (χ0v) is 19.7. The van der Waals surface area contributed by atoms with E-state index >= 15 is 0 Å². The van der Waals surface area contributed by atoms with E-state index in [0.29, 0.717) is 19.5 Å². The number of unbranched alkanes of at least 4 members (excludes halogenated alkanes) is 1. The molecule has 3 rings (SSSR count). The lowest BCUT2D eigenvalue weighted by molar-refractivity contribution is 0.0921. The van der Waals surface area contributed by atoms with Gasteiger partial charge in [0.15, 0.2) is 0 Å². The van der Waals surface area contributed by atoms with Crippen molar-refractivity contribution in [3.05, 3.63) is 59.7 Å². The summed E-state index contributed by atoms with van der Waals surface area (Å²) in [6, 6.07) is 16.1. The third-order valence-electron chi connectivity index (χ3n) is 6.04. The average molecular weight is 469 g/mol. The van der Waals surface area contributed by atoms with Gasteiger partial charge in [0.2, 0.25) is 0 Å². The summed E-state index contributed by atoms with van der Waals surface area (Å²) in [6.45, 7) is 4.32. The Morgan fingerprint density at radius 2 is 1.38 bits per heavy atom. The lowest BCUT2D eigenvalue weighted by Gasteiger charge is -2.19. The molecule has 0 radical (unpaired) electrons. The molecule has 8 heteroatoms. The third kappa shape index (κ3) is 7.03. The van der Waals surface area contributed by atoms with Crippen molar-refractivity contribution in [3.8, 4) is 11.1 Å². The lowest BCUT2D eigenvalue weighted by Crippen LogP contribution is -2.38. The molecule has 184 valence electrons. The first-order valence-electron chi connectivity index (χ1n) is 12.1. The minimum atomic E-state index is -1.29. The number of nitrogens with two attached hydrogens (primary N) is 1. The smallest absolute Gasteiger partial charge is 0.419 e. The molecule has 2 aromatic carbocycles. The van der Waals surface area contributed by atoms with E-state index in [-0.39, 0.29) is 19.1 Å². The molecule has 0 spiro atoms. The van der Waals surface area contributed by atoms with Gasteiger partial charge in [-0.05, 0) is 80.7 Å². The lowest BCUT2D eigenvalue weighted by atomic mass is 9.98. The number of nitrogens with one attached hydrogen (secondary N) is 2. The molecular formula is C26H36N4O4. The molecule has 0 bridgehead atoms. The first-order valence-corrected chi connectivity index (χ1v) is 12.1. The van der Waals surface area contributed by atoms with Crippen LogP contribution in [0.25, 0.3) is 11.1 Å². The van der Waals surface area contributed by atoms with Crippen LogP contribution in [0.15, 0.2) is 48.5 Å². The Kier molecular flexibility index (Phi) is 10.3. The molecule has 0 aromatic heterocycles. The topological polar surface area (TPSA) is 117 Å². The van der Waals surface area contributed by atoms with E-state index in [9.17, 15) is 14.7 Å². The van der Waals surface area contributed by atoms with E-state index in [4.69, 9.17) is 10.5 Å². The minimum Gasteiger partial charge on any atom is -0.465 e. The third-order valence-corrected chi connectivity index (χ3v) is 6.04. The summed E-state index contributed by atoms with van der Waals surface area (Å²) in [7, 11) is 0. The van der Waals surface area contributed by atoms with Crippen molar-refractivity contribution in [2.75, 3.05) is 45.9 Å². The van der Waals surface area contributed by atoms with Crippen LogP contribution >= 0.6 is 0 Å². The number of hydrogen-bond donors (Lipinski definition) is 4. The second kappa shape index (κ2) is 13.7. The van der Waals surface area contributed by atoms with Gasteiger partial charge in [-0.25, -0.2) is 14.5 Å². The monoisotopic (exact) mass is 468 g/mol. The highest BCUT2D eigenvalue weighted by Crippen LogP contribution is 2.44. The number of carboxylic acid groups (broad SMARTS) is 1. The van der Waals surface area contributed by atoms with Crippen LogP contribution in [0.5, 0.6) is 0 Å². The number of rotatable bonds is 14. The van der Waals surface area contributed by atoms with Crippen LogP contribution < -0.4 is 16.4 Å². The number of carbonyl (C=O) groups excluding carboxylic acids is 1. The Balaban J connectivity index is 1.40. The van der Waals surface area contributed by atoms with Crippen LogP contribution in [0.4, 0.5) is 9.59 Å². The van der Waals surface area contributed by atoms with Crippen molar-refractivity contribution in [1.29, 1.82) is 0 Å². The number of amides is 2. The summed E-state index contributed by atoms with van der Waals surface area (Å²) < 4.78 is 5.48. The van der Waals surface area contributed by atoms with E-state index in [1.807, 2.05) is 36.4 Å². The Labute approximate surface area is 201 Å². The Morgan fingerprint density at radius 1 is 0.853 bits per heavy atom. The zero-order valence-electron chi connectivity index (χ0n) is 19.7. The average Bonchev–Trinajstić information content (AvgIpc) is 3.17. The number of hydrogen-bond acceptors (Lipinski definition) is 6. The van der Waals surface area contributed by atoms with Crippen molar-refractivity contribution in [3.63, 3.8) is 0 Å². The van der Waals surface area contributed by atoms with Crippen molar-refractivity contribution in [2.45, 2.75) is 31.6 Å².